The molecular weight excluding hydrogens is 249 g/mol. The fourth-order valence-electron chi connectivity index (χ4n) is 1.23. The van der Waals surface area contributed by atoms with Gasteiger partial charge in [-0.05, 0) is 24.1 Å². The zero-order chi connectivity index (χ0) is 12.1. The molecule has 0 radical (unpaired) electrons. The standard InChI is InChI=1S/C10H13Cl2N3O/c1-14-15-10(16)9(13)5-6-2-3-7(11)8(12)4-6/h2-4,9,14H,5,13H2,1H3,(H,15,16). The highest BCUT2D eigenvalue weighted by molar-refractivity contribution is 6.42. The second kappa shape index (κ2) is 6.06. The number of hydrogen-bond donors (Lipinski definition) is 3. The Balaban J connectivity index is 2.66. The van der Waals surface area contributed by atoms with E-state index in [9.17, 15) is 4.79 Å². The smallest absolute Gasteiger partial charge is 0.251 e. The van der Waals surface area contributed by atoms with Crippen LogP contribution in [0.3, 0.4) is 0 Å². The predicted molar refractivity (Wildman–Crippen MR) is 65.3 cm³/mol. The van der Waals surface area contributed by atoms with Gasteiger partial charge in [-0.15, -0.1) is 0 Å². The third kappa shape index (κ3) is 3.64. The monoisotopic (exact) mass is 261 g/mol. The Labute approximate surface area is 104 Å². The molecule has 88 valence electrons. The van der Waals surface area contributed by atoms with Crippen molar-refractivity contribution in [1.29, 1.82) is 0 Å². The van der Waals surface area contributed by atoms with E-state index in [-0.39, 0.29) is 5.91 Å². The van der Waals surface area contributed by atoms with Crippen LogP contribution in [-0.2, 0) is 11.2 Å². The van der Waals surface area contributed by atoms with E-state index in [1.807, 2.05) is 0 Å². The Morgan fingerprint density at radius 2 is 2.12 bits per heavy atom. The van der Waals surface area contributed by atoms with Crippen molar-refractivity contribution in [3.05, 3.63) is 33.8 Å². The van der Waals surface area contributed by atoms with Crippen LogP contribution in [0.4, 0.5) is 0 Å². The maximum Gasteiger partial charge on any atom is 0.251 e. The topological polar surface area (TPSA) is 67.1 Å². The van der Waals surface area contributed by atoms with Gasteiger partial charge in [0, 0.05) is 7.05 Å². The number of carbonyl (C=O) groups excluding carboxylic acids is 1. The molecule has 1 amide bonds. The summed E-state index contributed by atoms with van der Waals surface area (Å²) in [6.45, 7) is 0. The van der Waals surface area contributed by atoms with Crippen molar-refractivity contribution >= 4 is 29.1 Å². The minimum Gasteiger partial charge on any atom is -0.320 e. The molecule has 1 atom stereocenters. The van der Waals surface area contributed by atoms with Crippen LogP contribution in [0.2, 0.25) is 10.0 Å². The Morgan fingerprint density at radius 3 is 2.69 bits per heavy atom. The first-order valence-electron chi connectivity index (χ1n) is 4.70. The van der Waals surface area contributed by atoms with Crippen LogP contribution in [0.15, 0.2) is 18.2 Å². The van der Waals surface area contributed by atoms with Gasteiger partial charge >= 0.3 is 0 Å². The van der Waals surface area contributed by atoms with Gasteiger partial charge in [-0.3, -0.25) is 10.2 Å². The van der Waals surface area contributed by atoms with E-state index in [1.54, 1.807) is 25.2 Å². The summed E-state index contributed by atoms with van der Waals surface area (Å²) in [5.74, 6) is -0.270. The van der Waals surface area contributed by atoms with Crippen LogP contribution >= 0.6 is 23.2 Å². The number of nitrogens with one attached hydrogen (secondary N) is 2. The second-order valence-corrected chi connectivity index (χ2v) is 4.11. The van der Waals surface area contributed by atoms with E-state index in [2.05, 4.69) is 10.9 Å². The molecule has 0 spiro atoms. The Morgan fingerprint density at radius 1 is 1.44 bits per heavy atom. The number of amides is 1. The van der Waals surface area contributed by atoms with Gasteiger partial charge in [0.25, 0.3) is 5.91 Å². The van der Waals surface area contributed by atoms with E-state index in [0.29, 0.717) is 16.5 Å². The molecule has 0 saturated heterocycles. The molecule has 0 aliphatic rings. The molecular formula is C10H13Cl2N3O. The number of hydrogen-bond acceptors (Lipinski definition) is 3. The van der Waals surface area contributed by atoms with E-state index in [4.69, 9.17) is 28.9 Å². The lowest BCUT2D eigenvalue weighted by Crippen LogP contribution is -2.46. The van der Waals surface area contributed by atoms with Crippen molar-refractivity contribution in [3.63, 3.8) is 0 Å². The van der Waals surface area contributed by atoms with Crippen molar-refractivity contribution in [2.24, 2.45) is 5.73 Å². The lowest BCUT2D eigenvalue weighted by Gasteiger charge is -2.11. The molecule has 0 saturated carbocycles. The average Bonchev–Trinajstić information content (AvgIpc) is 2.24. The quantitative estimate of drug-likeness (QED) is 0.712. The van der Waals surface area contributed by atoms with Gasteiger partial charge < -0.3 is 5.73 Å². The summed E-state index contributed by atoms with van der Waals surface area (Å²) >= 11 is 11.6. The van der Waals surface area contributed by atoms with Crippen LogP contribution in [0.1, 0.15) is 5.56 Å². The molecule has 0 heterocycles. The summed E-state index contributed by atoms with van der Waals surface area (Å²) in [7, 11) is 1.60. The number of nitrogens with two attached hydrogens (primary N) is 1. The predicted octanol–water partition coefficient (Wildman–Crippen LogP) is 1.11. The van der Waals surface area contributed by atoms with Crippen LogP contribution in [-0.4, -0.2) is 19.0 Å². The maximum atomic E-state index is 11.3. The molecule has 1 aromatic rings. The number of halogens is 2. The summed E-state index contributed by atoms with van der Waals surface area (Å²) < 4.78 is 0. The first kappa shape index (κ1) is 13.3. The van der Waals surface area contributed by atoms with Crippen molar-refractivity contribution < 1.29 is 4.79 Å². The van der Waals surface area contributed by atoms with Gasteiger partial charge in [-0.1, -0.05) is 29.3 Å². The van der Waals surface area contributed by atoms with E-state index >= 15 is 0 Å². The zero-order valence-corrected chi connectivity index (χ0v) is 10.3. The van der Waals surface area contributed by atoms with E-state index in [1.165, 1.54) is 0 Å². The molecule has 0 aliphatic heterocycles. The van der Waals surface area contributed by atoms with Crippen LogP contribution in [0, 0.1) is 0 Å². The Bertz CT molecular complexity index is 384. The fraction of sp³-hybridized carbons (Fsp3) is 0.300. The SMILES string of the molecule is CNNC(=O)C(N)Cc1ccc(Cl)c(Cl)c1. The summed E-state index contributed by atoms with van der Waals surface area (Å²) in [6, 6.07) is 4.56. The first-order chi connectivity index (χ1) is 7.54. The number of hydrazine groups is 1. The van der Waals surface area contributed by atoms with Gasteiger partial charge in [0.1, 0.15) is 0 Å². The largest absolute Gasteiger partial charge is 0.320 e. The molecule has 16 heavy (non-hydrogen) atoms. The molecule has 6 heteroatoms. The summed E-state index contributed by atoms with van der Waals surface area (Å²) in [4.78, 5) is 11.3. The highest BCUT2D eigenvalue weighted by Gasteiger charge is 2.13. The average molecular weight is 262 g/mol. The third-order valence-corrected chi connectivity index (χ3v) is 2.76. The van der Waals surface area contributed by atoms with Gasteiger partial charge in [-0.2, -0.15) is 0 Å². The summed E-state index contributed by atoms with van der Waals surface area (Å²) in [5.41, 5.74) is 11.5. The molecule has 4 N–H and O–H groups in total. The second-order valence-electron chi connectivity index (χ2n) is 3.30. The van der Waals surface area contributed by atoms with Gasteiger partial charge in [0.05, 0.1) is 16.1 Å². The van der Waals surface area contributed by atoms with Gasteiger partial charge in [0.2, 0.25) is 0 Å². The molecule has 1 rings (SSSR count). The van der Waals surface area contributed by atoms with Crippen LogP contribution < -0.4 is 16.6 Å². The summed E-state index contributed by atoms with van der Waals surface area (Å²) in [5, 5.41) is 0.944. The maximum absolute atomic E-state index is 11.3. The van der Waals surface area contributed by atoms with Gasteiger partial charge in [0.15, 0.2) is 0 Å². The van der Waals surface area contributed by atoms with Crippen molar-refractivity contribution in [3.8, 4) is 0 Å². The van der Waals surface area contributed by atoms with Crippen molar-refractivity contribution in [2.75, 3.05) is 7.05 Å². The number of benzene rings is 1. The lowest BCUT2D eigenvalue weighted by molar-refractivity contribution is -0.123. The molecule has 0 fully saturated rings. The zero-order valence-electron chi connectivity index (χ0n) is 8.76. The van der Waals surface area contributed by atoms with E-state index < -0.39 is 6.04 Å². The highest BCUT2D eigenvalue weighted by Crippen LogP contribution is 2.22. The van der Waals surface area contributed by atoms with Crippen LogP contribution in [0.5, 0.6) is 0 Å². The Kier molecular flexibility index (Phi) is 5.02. The third-order valence-electron chi connectivity index (χ3n) is 2.02. The molecule has 0 aromatic heterocycles. The number of rotatable bonds is 4. The molecule has 1 aromatic carbocycles. The first-order valence-corrected chi connectivity index (χ1v) is 5.46. The fourth-order valence-corrected chi connectivity index (χ4v) is 1.55. The van der Waals surface area contributed by atoms with Crippen molar-refractivity contribution in [1.82, 2.24) is 10.9 Å². The minimum absolute atomic E-state index is 0.270. The van der Waals surface area contributed by atoms with Gasteiger partial charge in [-0.25, -0.2) is 5.43 Å². The minimum atomic E-state index is -0.621. The lowest BCUT2D eigenvalue weighted by atomic mass is 10.1. The number of carbonyl (C=O) groups is 1. The molecule has 1 unspecified atom stereocenters. The van der Waals surface area contributed by atoms with Crippen molar-refractivity contribution in [2.45, 2.75) is 12.5 Å². The summed E-state index contributed by atoms with van der Waals surface area (Å²) in [6.07, 6.45) is 0.407. The molecule has 4 nitrogen and oxygen atoms in total. The molecule has 0 aliphatic carbocycles. The normalized spacial score (nSPS) is 12.2. The molecule has 0 bridgehead atoms. The van der Waals surface area contributed by atoms with Crippen LogP contribution in [0.25, 0.3) is 0 Å². The highest BCUT2D eigenvalue weighted by atomic mass is 35.5. The van der Waals surface area contributed by atoms with E-state index in [0.717, 1.165) is 5.56 Å². The Hall–Kier alpha value is -0.810.